The second-order valence-corrected chi connectivity index (χ2v) is 28.9. The predicted molar refractivity (Wildman–Crippen MR) is 415 cm³/mol. The van der Waals surface area contributed by atoms with Crippen LogP contribution in [-0.2, 0) is 0 Å². The molecule has 4 aliphatic heterocycles. The lowest BCUT2D eigenvalue weighted by Gasteiger charge is -2.42. The Morgan fingerprint density at radius 1 is 0.260 bits per heavy atom. The molecule has 0 N–H and O–H groups in total. The lowest BCUT2D eigenvalue weighted by Crippen LogP contribution is -2.57. The van der Waals surface area contributed by atoms with Gasteiger partial charge in [0.1, 0.15) is 0 Å². The summed E-state index contributed by atoms with van der Waals surface area (Å²) in [6.07, 6.45) is 0. The van der Waals surface area contributed by atoms with Gasteiger partial charge in [0.2, 0.25) is 0 Å². The maximum atomic E-state index is 2.74. The molecule has 438 valence electrons. The largest absolute Gasteiger partial charge is 0.375 e. The highest BCUT2D eigenvalue weighted by Crippen LogP contribution is 2.57. The number of benzene rings is 16. The van der Waals surface area contributed by atoms with E-state index in [0.717, 1.165) is 5.69 Å². The Balaban J connectivity index is 0.819. The zero-order valence-corrected chi connectivity index (χ0v) is 53.1. The van der Waals surface area contributed by atoms with Gasteiger partial charge in [-0.25, -0.2) is 0 Å². The van der Waals surface area contributed by atoms with Crippen LogP contribution >= 0.6 is 22.7 Å². The van der Waals surface area contributed by atoms with E-state index in [1.807, 2.05) is 22.7 Å². The molecule has 4 nitrogen and oxygen atoms in total. The van der Waals surface area contributed by atoms with Crippen molar-refractivity contribution >= 4 is 219 Å². The molecule has 0 radical (unpaired) electrons. The second-order valence-electron chi connectivity index (χ2n) is 26.8. The minimum Gasteiger partial charge on any atom is -0.375 e. The van der Waals surface area contributed by atoms with E-state index in [0.29, 0.717) is 0 Å². The van der Waals surface area contributed by atoms with Crippen LogP contribution in [0.2, 0.25) is 0 Å². The van der Waals surface area contributed by atoms with Crippen LogP contribution in [0.15, 0.2) is 291 Å². The maximum absolute atomic E-state index is 2.74. The van der Waals surface area contributed by atoms with Gasteiger partial charge in [-0.05, 0) is 125 Å². The molecule has 0 amide bonds. The number of nitrogens with zero attached hydrogens (tertiary/aromatic N) is 4. The summed E-state index contributed by atoms with van der Waals surface area (Å²) in [6, 6.07) is 112. The molecule has 0 fully saturated rings. The summed E-state index contributed by atoms with van der Waals surface area (Å²) in [5.74, 6) is 0. The summed E-state index contributed by atoms with van der Waals surface area (Å²) >= 11 is 3.90. The predicted octanol–water partition coefficient (Wildman–Crippen LogP) is 21.8. The minimum absolute atomic E-state index is 0.106. The summed E-state index contributed by atoms with van der Waals surface area (Å²) in [5, 5.41) is 20.2. The van der Waals surface area contributed by atoms with Gasteiger partial charge in [-0.3, -0.25) is 0 Å². The van der Waals surface area contributed by atoms with Crippen molar-refractivity contribution in [3.63, 3.8) is 0 Å². The minimum atomic E-state index is -0.152. The maximum Gasteiger partial charge on any atom is 0.333 e. The number of fused-ring (bicyclic) bond motifs is 28. The Hall–Kier alpha value is -11.7. The molecule has 0 atom stereocenters. The summed E-state index contributed by atoms with van der Waals surface area (Å²) in [7, 11) is 0. The Morgan fingerprint density at radius 3 is 1.60 bits per heavy atom. The van der Waals surface area contributed by atoms with Crippen molar-refractivity contribution in [3.05, 3.63) is 291 Å². The van der Waals surface area contributed by atoms with E-state index in [1.54, 1.807) is 0 Å². The first kappa shape index (κ1) is 50.8. The van der Waals surface area contributed by atoms with Crippen LogP contribution in [-0.4, -0.2) is 22.7 Å². The number of anilines is 6. The molecular formula is C88H48B2N4S2. The average molecular weight is 1250 g/mol. The zero-order chi connectivity index (χ0) is 61.9. The molecule has 16 aromatic carbocycles. The lowest BCUT2D eigenvalue weighted by molar-refractivity contribution is 1.27. The number of hydrogen-bond donors (Lipinski definition) is 0. The fraction of sp³-hybridized carbons (Fsp3) is 0. The van der Waals surface area contributed by atoms with Crippen LogP contribution in [0.4, 0.5) is 34.1 Å². The molecule has 0 aliphatic carbocycles. The number of rotatable bonds is 3. The van der Waals surface area contributed by atoms with Crippen molar-refractivity contribution in [2.75, 3.05) is 9.80 Å². The number of hydrogen-bond acceptors (Lipinski definition) is 4. The van der Waals surface area contributed by atoms with E-state index in [1.165, 1.54) is 211 Å². The number of thiophene rings is 2. The van der Waals surface area contributed by atoms with Gasteiger partial charge in [0.15, 0.2) is 0 Å². The van der Waals surface area contributed by atoms with E-state index in [-0.39, 0.29) is 13.7 Å². The van der Waals surface area contributed by atoms with Gasteiger partial charge in [0, 0.05) is 118 Å². The monoisotopic (exact) mass is 1250 g/mol. The van der Waals surface area contributed by atoms with E-state index < -0.39 is 0 Å². The van der Waals surface area contributed by atoms with Crippen molar-refractivity contribution in [1.29, 1.82) is 0 Å². The average Bonchev–Trinajstić information content (AvgIpc) is 1.36. The Labute approximate surface area is 558 Å². The van der Waals surface area contributed by atoms with Crippen molar-refractivity contribution in [2.24, 2.45) is 0 Å². The molecule has 0 saturated carbocycles. The molecule has 0 spiro atoms. The van der Waals surface area contributed by atoms with E-state index in [9.17, 15) is 0 Å². The second kappa shape index (κ2) is 18.2. The molecule has 8 heterocycles. The molecule has 0 saturated heterocycles. The van der Waals surface area contributed by atoms with E-state index in [4.69, 9.17) is 0 Å². The molecular weight excluding hydrogens is 1200 g/mol. The number of para-hydroxylation sites is 4. The van der Waals surface area contributed by atoms with Crippen LogP contribution in [0.25, 0.3) is 160 Å². The lowest BCUT2D eigenvalue weighted by atomic mass is 9.44. The van der Waals surface area contributed by atoms with Gasteiger partial charge < -0.3 is 18.8 Å². The van der Waals surface area contributed by atoms with Gasteiger partial charge in [-0.15, -0.1) is 22.7 Å². The van der Waals surface area contributed by atoms with Crippen molar-refractivity contribution < 1.29 is 0 Å². The normalized spacial score (nSPS) is 13.5. The molecule has 20 aromatic rings. The molecule has 4 aromatic heterocycles. The Kier molecular flexibility index (Phi) is 9.62. The molecule has 24 rings (SSSR count). The van der Waals surface area contributed by atoms with E-state index in [2.05, 4.69) is 310 Å². The van der Waals surface area contributed by atoms with Crippen molar-refractivity contribution in [2.45, 2.75) is 0 Å². The third kappa shape index (κ3) is 6.24. The summed E-state index contributed by atoms with van der Waals surface area (Å²) < 4.78 is 10.6. The first-order chi connectivity index (χ1) is 47.7. The van der Waals surface area contributed by atoms with Crippen LogP contribution in [0, 0.1) is 0 Å². The summed E-state index contributed by atoms with van der Waals surface area (Å²) in [5.41, 5.74) is 25.5. The van der Waals surface area contributed by atoms with Crippen LogP contribution in [0.3, 0.4) is 0 Å². The van der Waals surface area contributed by atoms with Crippen molar-refractivity contribution in [1.82, 2.24) is 8.96 Å². The topological polar surface area (TPSA) is 16.3 Å². The van der Waals surface area contributed by atoms with Gasteiger partial charge in [-0.2, -0.15) is 0 Å². The van der Waals surface area contributed by atoms with Gasteiger partial charge >= 0.3 is 13.7 Å². The molecule has 0 unspecified atom stereocenters. The van der Waals surface area contributed by atoms with E-state index >= 15 is 0 Å². The molecule has 96 heavy (non-hydrogen) atoms. The third-order valence-electron chi connectivity index (χ3n) is 22.4. The first-order valence-corrected chi connectivity index (χ1v) is 35.0. The first-order valence-electron chi connectivity index (χ1n) is 33.4. The quantitative estimate of drug-likeness (QED) is 0.164. The standard InChI is InChI=1S/C88H48B2N4S2/c1-2-21-52-46-53(42-40-49(52)18-1)91-75-45-43-57-56(28-14-29-61(57)79(75)90-81-68(47-70-60-27-9-12-39-76(60)95-88(70)86(81)91)64-32-15-31-63-59-26-8-11-37-74(59)94(90)83(63)64)66-34-17-35-67-78-77(96-87(66)67)48-69-65-33-16-30-62-58-25-7-10-36-73(58)93(82(62)65)89-71-44-41-51-20-4-6-24-55(51)84(71)92(85(78)80(69)89)72-38-13-22-50-19-3-5-23-54(50)72/h1-48H. The van der Waals surface area contributed by atoms with Gasteiger partial charge in [-0.1, -0.05) is 237 Å². The Bertz CT molecular complexity index is 7020. The fourth-order valence-corrected chi connectivity index (χ4v) is 21.2. The molecule has 8 heteroatoms. The van der Waals surface area contributed by atoms with Crippen LogP contribution < -0.4 is 31.7 Å². The molecule has 0 bridgehead atoms. The SMILES string of the molecule is c1ccc2cc(N3c4ccc5c(-c6cccc7c6sc6cc8c9c(c67)N(c6cccc7ccccc67)c6c(ccc7ccccc67)B9n6c7ccccc7c7cccc-8c76)cccc5c4B4c5c(cc6c(sc7ccccc76)c53)-c3cccc5c6ccccc6n4c35)ccc2c1. The van der Waals surface area contributed by atoms with Crippen LogP contribution in [0.5, 0.6) is 0 Å². The van der Waals surface area contributed by atoms with Crippen LogP contribution in [0.1, 0.15) is 0 Å². The highest BCUT2D eigenvalue weighted by molar-refractivity contribution is 7.27. The van der Waals surface area contributed by atoms with Gasteiger partial charge in [0.25, 0.3) is 0 Å². The zero-order valence-electron chi connectivity index (χ0n) is 51.5. The van der Waals surface area contributed by atoms with Gasteiger partial charge in [0.05, 0.1) is 27.4 Å². The summed E-state index contributed by atoms with van der Waals surface area (Å²) in [6.45, 7) is -0.258. The Morgan fingerprint density at radius 2 is 0.823 bits per heavy atom. The third-order valence-corrected chi connectivity index (χ3v) is 24.7. The fourth-order valence-electron chi connectivity index (χ4n) is 18.7. The smallest absolute Gasteiger partial charge is 0.333 e. The van der Waals surface area contributed by atoms with Crippen molar-refractivity contribution in [3.8, 4) is 33.4 Å². The molecule has 4 aliphatic rings. The summed E-state index contributed by atoms with van der Waals surface area (Å²) in [4.78, 5) is 5.37. The highest BCUT2D eigenvalue weighted by Gasteiger charge is 2.47. The highest BCUT2D eigenvalue weighted by atomic mass is 32.1. The number of aromatic nitrogens is 2.